The molecule has 0 saturated heterocycles. The standard InChI is InChI=1S/C20H14N4O6/c21-19(25)13-1-3-14(4-2-13)20(26)22(15-5-9-17(10-6-15)23(27)28)16-7-11-18(12-8-16)24(29)30/h1-12H,(H2,21,25). The van der Waals surface area contributed by atoms with Gasteiger partial charge in [-0.15, -0.1) is 0 Å². The normalized spacial score (nSPS) is 10.3. The van der Waals surface area contributed by atoms with Gasteiger partial charge in [0.05, 0.1) is 9.85 Å². The van der Waals surface area contributed by atoms with E-state index in [0.29, 0.717) is 11.4 Å². The maximum atomic E-state index is 13.2. The number of carbonyl (C=O) groups is 2. The Labute approximate surface area is 169 Å². The van der Waals surface area contributed by atoms with E-state index in [1.54, 1.807) is 0 Å². The number of hydrogen-bond donors (Lipinski definition) is 1. The van der Waals surface area contributed by atoms with Crippen LogP contribution in [0, 0.1) is 20.2 Å². The van der Waals surface area contributed by atoms with Crippen molar-refractivity contribution < 1.29 is 19.4 Å². The minimum absolute atomic E-state index is 0.152. The topological polar surface area (TPSA) is 150 Å². The fourth-order valence-corrected chi connectivity index (χ4v) is 2.74. The number of nitro benzene ring substituents is 2. The first-order valence-corrected chi connectivity index (χ1v) is 8.51. The number of hydrogen-bond acceptors (Lipinski definition) is 6. The van der Waals surface area contributed by atoms with Crippen molar-refractivity contribution in [2.75, 3.05) is 4.90 Å². The summed E-state index contributed by atoms with van der Waals surface area (Å²) in [4.78, 5) is 46.4. The number of benzene rings is 3. The quantitative estimate of drug-likeness (QED) is 0.488. The highest BCUT2D eigenvalue weighted by molar-refractivity contribution is 6.11. The van der Waals surface area contributed by atoms with Crippen LogP contribution in [0.25, 0.3) is 0 Å². The summed E-state index contributed by atoms with van der Waals surface area (Å²) in [6.07, 6.45) is 0. The Bertz CT molecular complexity index is 1070. The molecule has 2 amide bonds. The zero-order chi connectivity index (χ0) is 21.8. The number of nitro groups is 2. The molecule has 150 valence electrons. The molecule has 2 N–H and O–H groups in total. The van der Waals surface area contributed by atoms with Crippen LogP contribution in [0.1, 0.15) is 20.7 Å². The lowest BCUT2D eigenvalue weighted by molar-refractivity contribution is -0.385. The minimum Gasteiger partial charge on any atom is -0.366 e. The summed E-state index contributed by atoms with van der Waals surface area (Å²) in [6, 6.07) is 16.2. The summed E-state index contributed by atoms with van der Waals surface area (Å²) in [5, 5.41) is 21.8. The highest BCUT2D eigenvalue weighted by atomic mass is 16.6. The Balaban J connectivity index is 2.06. The third-order valence-corrected chi connectivity index (χ3v) is 4.26. The number of non-ortho nitro benzene ring substituents is 2. The summed E-state index contributed by atoms with van der Waals surface area (Å²) in [7, 11) is 0. The number of carbonyl (C=O) groups excluding carboxylic acids is 2. The van der Waals surface area contributed by atoms with Crippen LogP contribution in [0.2, 0.25) is 0 Å². The molecule has 10 heteroatoms. The molecule has 0 spiro atoms. The average Bonchev–Trinajstić information content (AvgIpc) is 2.74. The van der Waals surface area contributed by atoms with Gasteiger partial charge in [0.1, 0.15) is 0 Å². The van der Waals surface area contributed by atoms with Crippen LogP contribution in [0.5, 0.6) is 0 Å². The Hall–Kier alpha value is -4.60. The van der Waals surface area contributed by atoms with Crippen molar-refractivity contribution in [2.45, 2.75) is 0 Å². The van der Waals surface area contributed by atoms with Crippen LogP contribution in [-0.4, -0.2) is 21.7 Å². The Kier molecular flexibility index (Phi) is 5.50. The van der Waals surface area contributed by atoms with Crippen LogP contribution < -0.4 is 10.6 Å². The van der Waals surface area contributed by atoms with E-state index in [1.165, 1.54) is 77.7 Å². The van der Waals surface area contributed by atoms with Gasteiger partial charge in [-0.25, -0.2) is 0 Å². The van der Waals surface area contributed by atoms with Crippen LogP contribution in [0.15, 0.2) is 72.8 Å². The van der Waals surface area contributed by atoms with Gasteiger partial charge in [-0.3, -0.25) is 34.7 Å². The van der Waals surface area contributed by atoms with Crippen molar-refractivity contribution in [1.29, 1.82) is 0 Å². The van der Waals surface area contributed by atoms with Gasteiger partial charge in [0.2, 0.25) is 5.91 Å². The fourth-order valence-electron chi connectivity index (χ4n) is 2.74. The lowest BCUT2D eigenvalue weighted by Crippen LogP contribution is -2.26. The number of amides is 2. The van der Waals surface area contributed by atoms with E-state index in [9.17, 15) is 29.8 Å². The number of primary amides is 1. The lowest BCUT2D eigenvalue weighted by Gasteiger charge is -2.23. The first kappa shape index (κ1) is 20.1. The lowest BCUT2D eigenvalue weighted by atomic mass is 10.1. The molecule has 0 heterocycles. The van der Waals surface area contributed by atoms with Crippen molar-refractivity contribution in [1.82, 2.24) is 0 Å². The maximum absolute atomic E-state index is 13.2. The minimum atomic E-state index is -0.642. The van der Waals surface area contributed by atoms with Crippen molar-refractivity contribution in [3.05, 3.63) is 104 Å². The maximum Gasteiger partial charge on any atom is 0.269 e. The Morgan fingerprint density at radius 3 is 1.37 bits per heavy atom. The van der Waals surface area contributed by atoms with Gasteiger partial charge in [-0.1, -0.05) is 0 Å². The van der Waals surface area contributed by atoms with Gasteiger partial charge in [-0.2, -0.15) is 0 Å². The van der Waals surface area contributed by atoms with E-state index in [0.717, 1.165) is 0 Å². The monoisotopic (exact) mass is 406 g/mol. The van der Waals surface area contributed by atoms with E-state index in [4.69, 9.17) is 5.73 Å². The fraction of sp³-hybridized carbons (Fsp3) is 0. The van der Waals surface area contributed by atoms with E-state index in [1.807, 2.05) is 0 Å². The van der Waals surface area contributed by atoms with Gasteiger partial charge >= 0.3 is 0 Å². The van der Waals surface area contributed by atoms with Crippen molar-refractivity contribution >= 4 is 34.6 Å². The Morgan fingerprint density at radius 1 is 0.667 bits per heavy atom. The van der Waals surface area contributed by atoms with Crippen LogP contribution in [-0.2, 0) is 0 Å². The molecule has 0 aliphatic carbocycles. The summed E-state index contributed by atoms with van der Waals surface area (Å²) in [5.41, 5.74) is 5.99. The first-order valence-electron chi connectivity index (χ1n) is 8.51. The molecule has 0 atom stereocenters. The zero-order valence-corrected chi connectivity index (χ0v) is 15.3. The molecule has 30 heavy (non-hydrogen) atoms. The molecule has 0 aromatic heterocycles. The van der Waals surface area contributed by atoms with Gasteiger partial charge in [0.25, 0.3) is 17.3 Å². The number of anilines is 2. The summed E-state index contributed by atoms with van der Waals surface area (Å²) >= 11 is 0. The molecule has 3 aromatic carbocycles. The van der Waals surface area contributed by atoms with Gasteiger partial charge in [0.15, 0.2) is 0 Å². The van der Waals surface area contributed by atoms with Crippen molar-refractivity contribution in [3.8, 4) is 0 Å². The van der Waals surface area contributed by atoms with Crippen LogP contribution >= 0.6 is 0 Å². The summed E-state index contributed by atoms with van der Waals surface area (Å²) in [6.45, 7) is 0. The van der Waals surface area contributed by atoms with E-state index < -0.39 is 21.7 Å². The molecule has 0 bridgehead atoms. The number of nitrogens with two attached hydrogens (primary N) is 1. The molecule has 0 aliphatic rings. The first-order chi connectivity index (χ1) is 14.3. The Morgan fingerprint density at radius 2 is 1.03 bits per heavy atom. The smallest absolute Gasteiger partial charge is 0.269 e. The molecule has 0 saturated carbocycles. The van der Waals surface area contributed by atoms with Gasteiger partial charge < -0.3 is 5.73 Å². The summed E-state index contributed by atoms with van der Waals surface area (Å²) in [5.74, 6) is -1.15. The van der Waals surface area contributed by atoms with E-state index in [2.05, 4.69) is 0 Å². The highest BCUT2D eigenvalue weighted by Gasteiger charge is 2.22. The predicted octanol–water partition coefficient (Wildman–Crippen LogP) is 3.58. The largest absolute Gasteiger partial charge is 0.366 e. The second-order valence-corrected chi connectivity index (χ2v) is 6.13. The van der Waals surface area contributed by atoms with Crippen LogP contribution in [0.3, 0.4) is 0 Å². The molecule has 0 unspecified atom stereocenters. The second-order valence-electron chi connectivity index (χ2n) is 6.13. The molecule has 3 aromatic rings. The molecule has 3 rings (SSSR count). The predicted molar refractivity (Wildman–Crippen MR) is 108 cm³/mol. The average molecular weight is 406 g/mol. The second kappa shape index (κ2) is 8.19. The van der Waals surface area contributed by atoms with Crippen molar-refractivity contribution in [3.63, 3.8) is 0 Å². The SMILES string of the molecule is NC(=O)c1ccc(C(=O)N(c2ccc([N+](=O)[O-])cc2)c2ccc([N+](=O)[O-])cc2)cc1. The van der Waals surface area contributed by atoms with E-state index in [-0.39, 0.29) is 22.5 Å². The van der Waals surface area contributed by atoms with Gasteiger partial charge in [0, 0.05) is 46.8 Å². The number of rotatable bonds is 6. The molecule has 0 aliphatic heterocycles. The third-order valence-electron chi connectivity index (χ3n) is 4.26. The molecule has 0 radical (unpaired) electrons. The van der Waals surface area contributed by atoms with Gasteiger partial charge in [-0.05, 0) is 48.5 Å². The highest BCUT2D eigenvalue weighted by Crippen LogP contribution is 2.30. The van der Waals surface area contributed by atoms with Crippen LogP contribution in [0.4, 0.5) is 22.7 Å². The third kappa shape index (κ3) is 4.12. The van der Waals surface area contributed by atoms with E-state index >= 15 is 0 Å². The molecular formula is C20H14N4O6. The molecular weight excluding hydrogens is 392 g/mol. The zero-order valence-electron chi connectivity index (χ0n) is 15.3. The summed E-state index contributed by atoms with van der Waals surface area (Å²) < 4.78 is 0. The molecule has 0 fully saturated rings. The number of nitrogens with zero attached hydrogens (tertiary/aromatic N) is 3. The molecule has 10 nitrogen and oxygen atoms in total. The van der Waals surface area contributed by atoms with Crippen molar-refractivity contribution in [2.24, 2.45) is 5.73 Å².